The molecule has 3 aromatic rings. The molecular formula is C29H34Cl2O2Si. The molecule has 0 fully saturated rings. The fourth-order valence-corrected chi connectivity index (χ4v) is 9.05. The molecule has 180 valence electrons. The second-order valence-electron chi connectivity index (χ2n) is 9.36. The molecule has 0 bridgehead atoms. The van der Waals surface area contributed by atoms with Crippen LogP contribution in [0.5, 0.6) is 0 Å². The van der Waals surface area contributed by atoms with Gasteiger partial charge in [-0.1, -0.05) is 124 Å². The lowest BCUT2D eigenvalue weighted by Crippen LogP contribution is -2.66. The van der Waals surface area contributed by atoms with Gasteiger partial charge in [0.15, 0.2) is 0 Å². The van der Waals surface area contributed by atoms with Crippen LogP contribution in [0.1, 0.15) is 26.3 Å². The van der Waals surface area contributed by atoms with Crippen molar-refractivity contribution in [1.29, 1.82) is 0 Å². The number of halogens is 2. The number of rotatable bonds is 11. The van der Waals surface area contributed by atoms with Gasteiger partial charge in [0.25, 0.3) is 8.32 Å². The van der Waals surface area contributed by atoms with Crippen LogP contribution in [-0.2, 0) is 15.8 Å². The van der Waals surface area contributed by atoms with Gasteiger partial charge in [-0.25, -0.2) is 0 Å². The van der Waals surface area contributed by atoms with Crippen molar-refractivity contribution in [3.05, 3.63) is 109 Å². The standard InChI is InChI=1S/C29H34Cl2O2Si/c1-29(2,3)34(25-16-9-5-10-17-25,26-18-11-6-12-19-26)33-21-13-20-27(30)28(31)23-32-22-24-14-7-4-8-15-24/h4-20,27-28H,21-23H2,1-3H3/b20-13+/t27-,28-/m1/s1. The number of hydrogen-bond donors (Lipinski definition) is 0. The number of allylic oxidation sites excluding steroid dienone is 1. The van der Waals surface area contributed by atoms with Crippen LogP contribution >= 0.6 is 23.2 Å². The Morgan fingerprint density at radius 3 is 1.79 bits per heavy atom. The first-order chi connectivity index (χ1) is 16.3. The zero-order valence-corrected chi connectivity index (χ0v) is 22.7. The second-order valence-corrected chi connectivity index (χ2v) is 14.7. The number of ether oxygens (including phenoxy) is 1. The van der Waals surface area contributed by atoms with Crippen molar-refractivity contribution < 1.29 is 9.16 Å². The molecule has 3 rings (SSSR count). The van der Waals surface area contributed by atoms with Gasteiger partial charge in [0.2, 0.25) is 0 Å². The molecule has 5 heteroatoms. The van der Waals surface area contributed by atoms with Gasteiger partial charge in [0.05, 0.1) is 30.6 Å². The Morgan fingerprint density at radius 2 is 1.29 bits per heavy atom. The minimum Gasteiger partial charge on any atom is -0.404 e. The highest BCUT2D eigenvalue weighted by Gasteiger charge is 2.49. The maximum absolute atomic E-state index is 6.85. The molecule has 0 saturated carbocycles. The Balaban J connectivity index is 1.67. The minimum absolute atomic E-state index is 0.0653. The van der Waals surface area contributed by atoms with Crippen molar-refractivity contribution in [2.24, 2.45) is 0 Å². The van der Waals surface area contributed by atoms with E-state index in [4.69, 9.17) is 32.4 Å². The van der Waals surface area contributed by atoms with E-state index in [1.807, 2.05) is 42.5 Å². The van der Waals surface area contributed by atoms with Crippen LogP contribution in [0, 0.1) is 0 Å². The van der Waals surface area contributed by atoms with Gasteiger partial charge in [-0.15, -0.1) is 23.2 Å². The molecular weight excluding hydrogens is 479 g/mol. The van der Waals surface area contributed by atoms with Gasteiger partial charge >= 0.3 is 0 Å². The van der Waals surface area contributed by atoms with E-state index in [0.29, 0.717) is 19.8 Å². The molecule has 0 unspecified atom stereocenters. The Hall–Kier alpha value is -1.88. The fourth-order valence-electron chi connectivity index (χ4n) is 4.20. The Bertz CT molecular complexity index is 965. The zero-order valence-electron chi connectivity index (χ0n) is 20.2. The van der Waals surface area contributed by atoms with Gasteiger partial charge in [0.1, 0.15) is 0 Å². The molecule has 0 N–H and O–H groups in total. The van der Waals surface area contributed by atoms with Gasteiger partial charge < -0.3 is 9.16 Å². The van der Waals surface area contributed by atoms with E-state index >= 15 is 0 Å². The summed E-state index contributed by atoms with van der Waals surface area (Å²) in [5.41, 5.74) is 1.12. The van der Waals surface area contributed by atoms with E-state index in [-0.39, 0.29) is 15.8 Å². The second kappa shape index (κ2) is 12.7. The van der Waals surface area contributed by atoms with Crippen LogP contribution in [0.15, 0.2) is 103 Å². The predicted molar refractivity (Wildman–Crippen MR) is 148 cm³/mol. The molecule has 34 heavy (non-hydrogen) atoms. The summed E-state index contributed by atoms with van der Waals surface area (Å²) in [6.07, 6.45) is 3.91. The van der Waals surface area contributed by atoms with E-state index in [2.05, 4.69) is 81.4 Å². The van der Waals surface area contributed by atoms with Crippen LogP contribution in [0.2, 0.25) is 5.04 Å². The monoisotopic (exact) mass is 512 g/mol. The Labute approximate surface area is 215 Å². The summed E-state index contributed by atoms with van der Waals surface area (Å²) in [5.74, 6) is 0. The van der Waals surface area contributed by atoms with E-state index in [1.165, 1.54) is 10.4 Å². The molecule has 0 aromatic heterocycles. The summed E-state index contributed by atoms with van der Waals surface area (Å²) in [7, 11) is -2.56. The van der Waals surface area contributed by atoms with Crippen molar-refractivity contribution in [2.75, 3.05) is 13.2 Å². The lowest BCUT2D eigenvalue weighted by atomic mass is 10.2. The average molecular weight is 514 g/mol. The summed E-state index contributed by atoms with van der Waals surface area (Å²) in [6.45, 7) is 8.17. The molecule has 2 atom stereocenters. The van der Waals surface area contributed by atoms with Crippen LogP contribution in [-0.4, -0.2) is 32.3 Å². The summed E-state index contributed by atoms with van der Waals surface area (Å²) < 4.78 is 12.6. The summed E-state index contributed by atoms with van der Waals surface area (Å²) >= 11 is 13.0. The topological polar surface area (TPSA) is 18.5 Å². The third kappa shape index (κ3) is 6.84. The van der Waals surface area contributed by atoms with Crippen LogP contribution in [0.25, 0.3) is 0 Å². The van der Waals surface area contributed by atoms with Crippen LogP contribution < -0.4 is 10.4 Å². The minimum atomic E-state index is -2.56. The summed E-state index contributed by atoms with van der Waals surface area (Å²) in [6, 6.07) is 31.3. The Morgan fingerprint density at radius 1 is 0.794 bits per heavy atom. The smallest absolute Gasteiger partial charge is 0.261 e. The number of alkyl halides is 2. The molecule has 0 spiro atoms. The number of benzene rings is 3. The van der Waals surface area contributed by atoms with Gasteiger partial charge in [-0.2, -0.15) is 0 Å². The first-order valence-corrected chi connectivity index (χ1v) is 14.4. The number of hydrogen-bond acceptors (Lipinski definition) is 2. The Kier molecular flexibility index (Phi) is 9.99. The molecule has 0 saturated heterocycles. The zero-order chi connectivity index (χ0) is 24.4. The first kappa shape index (κ1) is 26.7. The van der Waals surface area contributed by atoms with E-state index in [1.54, 1.807) is 0 Å². The maximum Gasteiger partial charge on any atom is 0.261 e. The molecule has 0 aliphatic heterocycles. The van der Waals surface area contributed by atoms with Crippen molar-refractivity contribution >= 4 is 41.9 Å². The molecule has 3 aromatic carbocycles. The van der Waals surface area contributed by atoms with E-state index in [9.17, 15) is 0 Å². The molecule has 0 aliphatic rings. The van der Waals surface area contributed by atoms with Gasteiger partial charge in [0, 0.05) is 0 Å². The van der Waals surface area contributed by atoms with Gasteiger partial charge in [-0.3, -0.25) is 0 Å². The highest BCUT2D eigenvalue weighted by molar-refractivity contribution is 6.99. The molecule has 0 radical (unpaired) electrons. The van der Waals surface area contributed by atoms with Crippen molar-refractivity contribution in [1.82, 2.24) is 0 Å². The van der Waals surface area contributed by atoms with Gasteiger partial charge in [-0.05, 0) is 21.0 Å². The third-order valence-electron chi connectivity index (χ3n) is 5.87. The van der Waals surface area contributed by atoms with Crippen molar-refractivity contribution in [3.63, 3.8) is 0 Å². The average Bonchev–Trinajstić information content (AvgIpc) is 2.85. The first-order valence-electron chi connectivity index (χ1n) is 11.7. The van der Waals surface area contributed by atoms with Crippen LogP contribution in [0.4, 0.5) is 0 Å². The summed E-state index contributed by atoms with van der Waals surface area (Å²) in [5, 5.41) is 1.78. The third-order valence-corrected chi connectivity index (χ3v) is 11.8. The van der Waals surface area contributed by atoms with Crippen molar-refractivity contribution in [2.45, 2.75) is 43.2 Å². The lowest BCUT2D eigenvalue weighted by Gasteiger charge is -2.42. The molecule has 0 heterocycles. The highest BCUT2D eigenvalue weighted by Crippen LogP contribution is 2.36. The van der Waals surface area contributed by atoms with Crippen molar-refractivity contribution in [3.8, 4) is 0 Å². The van der Waals surface area contributed by atoms with Crippen LogP contribution in [0.3, 0.4) is 0 Å². The lowest BCUT2D eigenvalue weighted by molar-refractivity contribution is 0.121. The molecule has 0 amide bonds. The predicted octanol–water partition coefficient (Wildman–Crippen LogP) is 6.55. The quantitative estimate of drug-likeness (QED) is 0.164. The molecule has 2 nitrogen and oxygen atoms in total. The molecule has 0 aliphatic carbocycles. The van der Waals surface area contributed by atoms with E-state index < -0.39 is 8.32 Å². The SMILES string of the molecule is CC(C)(C)[Si](OC/C=C/[C@@H](Cl)[C@H](Cl)COCc1ccccc1)(c1ccccc1)c1ccccc1. The maximum atomic E-state index is 6.85. The van der Waals surface area contributed by atoms with E-state index in [0.717, 1.165) is 5.56 Å². The normalized spacial score (nSPS) is 14.3. The highest BCUT2D eigenvalue weighted by atomic mass is 35.5. The summed E-state index contributed by atoms with van der Waals surface area (Å²) in [4.78, 5) is 0. The largest absolute Gasteiger partial charge is 0.404 e. The fraction of sp³-hybridized carbons (Fsp3) is 0.310.